The second-order valence-corrected chi connectivity index (χ2v) is 6.42. The van der Waals surface area contributed by atoms with Gasteiger partial charge in [0.15, 0.2) is 0 Å². The monoisotopic (exact) mass is 282 g/mol. The number of carbonyl (C=O) groups is 1. The number of amides is 1. The molecule has 2 heterocycles. The van der Waals surface area contributed by atoms with Gasteiger partial charge in [-0.3, -0.25) is 4.79 Å². The van der Waals surface area contributed by atoms with E-state index in [1.54, 1.807) is 0 Å². The van der Waals surface area contributed by atoms with E-state index < -0.39 is 0 Å². The van der Waals surface area contributed by atoms with E-state index in [1.807, 2.05) is 0 Å². The van der Waals surface area contributed by atoms with Crippen molar-refractivity contribution >= 4 is 5.91 Å². The highest BCUT2D eigenvalue weighted by molar-refractivity contribution is 5.79. The lowest BCUT2D eigenvalue weighted by Crippen LogP contribution is -2.46. The van der Waals surface area contributed by atoms with Crippen LogP contribution in [-0.4, -0.2) is 60.6 Å². The van der Waals surface area contributed by atoms with Crippen LogP contribution in [0.1, 0.15) is 46.5 Å². The Bertz CT molecular complexity index is 304. The smallest absolute Gasteiger partial charge is 0.225 e. The van der Waals surface area contributed by atoms with Gasteiger partial charge in [0, 0.05) is 19.0 Å². The van der Waals surface area contributed by atoms with Gasteiger partial charge in [-0.1, -0.05) is 6.92 Å². The van der Waals surface area contributed by atoms with Crippen molar-refractivity contribution in [1.82, 2.24) is 9.80 Å². The minimum atomic E-state index is 0.264. The van der Waals surface area contributed by atoms with Crippen LogP contribution in [-0.2, 0) is 9.53 Å². The standard InChI is InChI=1S/C16H30N2O2/c1-4-17-9-5-14(6-10-17)16(19)18-11-7-15(8-12-18)20-13(2)3/h13-15H,4-12H2,1-3H3. The molecule has 0 saturated carbocycles. The van der Waals surface area contributed by atoms with E-state index >= 15 is 0 Å². The average Bonchev–Trinajstić information content (AvgIpc) is 2.47. The minimum Gasteiger partial charge on any atom is -0.375 e. The molecule has 0 N–H and O–H groups in total. The molecule has 0 aliphatic carbocycles. The zero-order chi connectivity index (χ0) is 14.5. The van der Waals surface area contributed by atoms with E-state index in [1.165, 1.54) is 0 Å². The van der Waals surface area contributed by atoms with Crippen LogP contribution in [0.2, 0.25) is 0 Å². The molecule has 0 unspecified atom stereocenters. The number of rotatable bonds is 4. The SMILES string of the molecule is CCN1CCC(C(=O)N2CCC(OC(C)C)CC2)CC1. The molecule has 4 nitrogen and oxygen atoms in total. The van der Waals surface area contributed by atoms with Crippen molar-refractivity contribution in [3.05, 3.63) is 0 Å². The molecular formula is C16H30N2O2. The molecule has 20 heavy (non-hydrogen) atoms. The molecule has 1 amide bonds. The third-order valence-corrected chi connectivity index (χ3v) is 4.60. The summed E-state index contributed by atoms with van der Waals surface area (Å²) in [7, 11) is 0. The summed E-state index contributed by atoms with van der Waals surface area (Å²) in [6.45, 7) is 11.4. The highest BCUT2D eigenvalue weighted by atomic mass is 16.5. The summed E-state index contributed by atoms with van der Waals surface area (Å²) in [5.41, 5.74) is 0. The lowest BCUT2D eigenvalue weighted by Gasteiger charge is -2.37. The molecule has 0 spiro atoms. The van der Waals surface area contributed by atoms with Gasteiger partial charge >= 0.3 is 0 Å². The van der Waals surface area contributed by atoms with Gasteiger partial charge in [-0.25, -0.2) is 0 Å². The maximum Gasteiger partial charge on any atom is 0.225 e. The largest absolute Gasteiger partial charge is 0.375 e. The second-order valence-electron chi connectivity index (χ2n) is 6.42. The molecule has 0 bridgehead atoms. The molecule has 0 aromatic rings. The summed E-state index contributed by atoms with van der Waals surface area (Å²) in [6.07, 6.45) is 4.71. The van der Waals surface area contributed by atoms with E-state index in [0.29, 0.717) is 18.1 Å². The van der Waals surface area contributed by atoms with Crippen LogP contribution in [0.5, 0.6) is 0 Å². The highest BCUT2D eigenvalue weighted by Crippen LogP contribution is 2.23. The maximum atomic E-state index is 12.5. The fourth-order valence-electron chi connectivity index (χ4n) is 3.35. The summed E-state index contributed by atoms with van der Waals surface area (Å²) >= 11 is 0. The highest BCUT2D eigenvalue weighted by Gasteiger charge is 2.30. The van der Waals surface area contributed by atoms with E-state index in [0.717, 1.165) is 58.4 Å². The van der Waals surface area contributed by atoms with Gasteiger partial charge in [-0.05, 0) is 59.2 Å². The van der Waals surface area contributed by atoms with Gasteiger partial charge in [0.25, 0.3) is 0 Å². The lowest BCUT2D eigenvalue weighted by atomic mass is 9.94. The number of carbonyl (C=O) groups excluding carboxylic acids is 1. The summed E-state index contributed by atoms with van der Waals surface area (Å²) < 4.78 is 5.85. The molecule has 2 aliphatic rings. The van der Waals surface area contributed by atoms with Crippen molar-refractivity contribution in [3.8, 4) is 0 Å². The van der Waals surface area contributed by atoms with Gasteiger partial charge in [0.1, 0.15) is 0 Å². The number of hydrogen-bond acceptors (Lipinski definition) is 3. The molecule has 0 aromatic heterocycles. The topological polar surface area (TPSA) is 32.8 Å². The fraction of sp³-hybridized carbons (Fsp3) is 0.938. The Kier molecular flexibility index (Phi) is 5.85. The molecule has 0 radical (unpaired) electrons. The predicted molar refractivity (Wildman–Crippen MR) is 80.7 cm³/mol. The quantitative estimate of drug-likeness (QED) is 0.792. The Morgan fingerprint density at radius 2 is 1.70 bits per heavy atom. The van der Waals surface area contributed by atoms with Gasteiger partial charge < -0.3 is 14.5 Å². The van der Waals surface area contributed by atoms with Gasteiger partial charge in [-0.2, -0.15) is 0 Å². The van der Waals surface area contributed by atoms with Gasteiger partial charge in [0.2, 0.25) is 5.91 Å². The summed E-state index contributed by atoms with van der Waals surface area (Å²) in [6, 6.07) is 0. The second kappa shape index (κ2) is 7.41. The summed E-state index contributed by atoms with van der Waals surface area (Å²) in [5.74, 6) is 0.657. The van der Waals surface area contributed by atoms with Crippen molar-refractivity contribution in [1.29, 1.82) is 0 Å². The molecule has 2 fully saturated rings. The van der Waals surface area contributed by atoms with Crippen LogP contribution in [0.25, 0.3) is 0 Å². The van der Waals surface area contributed by atoms with E-state index in [-0.39, 0.29) is 5.92 Å². The van der Waals surface area contributed by atoms with Gasteiger partial charge in [0.05, 0.1) is 12.2 Å². The van der Waals surface area contributed by atoms with Gasteiger partial charge in [-0.15, -0.1) is 0 Å². The van der Waals surface area contributed by atoms with Crippen molar-refractivity contribution < 1.29 is 9.53 Å². The molecule has 116 valence electrons. The number of nitrogens with zero attached hydrogens (tertiary/aromatic N) is 2. The average molecular weight is 282 g/mol. The third-order valence-electron chi connectivity index (χ3n) is 4.60. The normalized spacial score (nSPS) is 23.5. The number of ether oxygens (including phenoxy) is 1. The van der Waals surface area contributed by atoms with Crippen molar-refractivity contribution in [2.75, 3.05) is 32.7 Å². The predicted octanol–water partition coefficient (Wildman–Crippen LogP) is 2.13. The van der Waals surface area contributed by atoms with Crippen LogP contribution >= 0.6 is 0 Å². The molecule has 2 saturated heterocycles. The Hall–Kier alpha value is -0.610. The van der Waals surface area contributed by atoms with Crippen molar-refractivity contribution in [2.24, 2.45) is 5.92 Å². The lowest BCUT2D eigenvalue weighted by molar-refractivity contribution is -0.140. The molecule has 4 heteroatoms. The molecule has 2 aliphatic heterocycles. The molecular weight excluding hydrogens is 252 g/mol. The first kappa shape index (κ1) is 15.8. The number of hydrogen-bond donors (Lipinski definition) is 0. The van der Waals surface area contributed by atoms with Crippen LogP contribution < -0.4 is 0 Å². The van der Waals surface area contributed by atoms with E-state index in [9.17, 15) is 4.79 Å². The number of piperidine rings is 2. The first-order valence-corrected chi connectivity index (χ1v) is 8.26. The zero-order valence-corrected chi connectivity index (χ0v) is 13.3. The Morgan fingerprint density at radius 3 is 2.20 bits per heavy atom. The molecule has 2 rings (SSSR count). The Balaban J connectivity index is 1.75. The van der Waals surface area contributed by atoms with Crippen LogP contribution in [0.3, 0.4) is 0 Å². The zero-order valence-electron chi connectivity index (χ0n) is 13.3. The van der Waals surface area contributed by atoms with Crippen molar-refractivity contribution in [3.63, 3.8) is 0 Å². The first-order valence-electron chi connectivity index (χ1n) is 8.26. The Morgan fingerprint density at radius 1 is 1.10 bits per heavy atom. The fourth-order valence-corrected chi connectivity index (χ4v) is 3.35. The first-order chi connectivity index (χ1) is 9.60. The molecule has 0 aromatic carbocycles. The van der Waals surface area contributed by atoms with Crippen LogP contribution in [0, 0.1) is 5.92 Å². The van der Waals surface area contributed by atoms with Crippen LogP contribution in [0.15, 0.2) is 0 Å². The Labute approximate surface area is 123 Å². The molecule has 0 atom stereocenters. The van der Waals surface area contributed by atoms with Crippen LogP contribution in [0.4, 0.5) is 0 Å². The van der Waals surface area contributed by atoms with E-state index in [4.69, 9.17) is 4.74 Å². The van der Waals surface area contributed by atoms with E-state index in [2.05, 4.69) is 30.6 Å². The minimum absolute atomic E-state index is 0.264. The van der Waals surface area contributed by atoms with Crippen molar-refractivity contribution in [2.45, 2.75) is 58.7 Å². The third kappa shape index (κ3) is 4.19. The number of likely N-dealkylation sites (tertiary alicyclic amines) is 2. The summed E-state index contributed by atoms with van der Waals surface area (Å²) in [5, 5.41) is 0. The maximum absolute atomic E-state index is 12.5. The summed E-state index contributed by atoms with van der Waals surface area (Å²) in [4.78, 5) is 17.1.